The van der Waals surface area contributed by atoms with Gasteiger partial charge in [0.2, 0.25) is 5.91 Å². The summed E-state index contributed by atoms with van der Waals surface area (Å²) in [5.74, 6) is -4.56. The third-order valence-corrected chi connectivity index (χ3v) is 4.91. The quantitative estimate of drug-likeness (QED) is 0.489. The van der Waals surface area contributed by atoms with E-state index < -0.39 is 42.1 Å². The Morgan fingerprint density at radius 2 is 1.77 bits per heavy atom. The average molecular weight is 435 g/mol. The molecule has 13 nitrogen and oxygen atoms in total. The lowest BCUT2D eigenvalue weighted by atomic mass is 9.84. The van der Waals surface area contributed by atoms with E-state index in [4.69, 9.17) is 9.47 Å². The fraction of sp³-hybridized carbons (Fsp3) is 0.500. The highest BCUT2D eigenvalue weighted by Crippen LogP contribution is 2.44. The number of carbonyl (C=O) groups is 4. The van der Waals surface area contributed by atoms with Gasteiger partial charge in [-0.25, -0.2) is 15.0 Å². The van der Waals surface area contributed by atoms with Gasteiger partial charge in [-0.2, -0.15) is 0 Å². The van der Waals surface area contributed by atoms with Crippen molar-refractivity contribution < 1.29 is 38.9 Å². The van der Waals surface area contributed by atoms with Crippen LogP contribution in [0.25, 0.3) is 11.2 Å². The molecule has 1 aliphatic rings. The van der Waals surface area contributed by atoms with Gasteiger partial charge in [-0.3, -0.25) is 23.7 Å². The number of anilines is 1. The number of fused-ring (bicyclic) bond motifs is 1. The van der Waals surface area contributed by atoms with Crippen LogP contribution in [0.2, 0.25) is 0 Å². The number of rotatable bonds is 8. The maximum Gasteiger partial charge on any atom is 0.303 e. The van der Waals surface area contributed by atoms with Crippen LogP contribution in [0.1, 0.15) is 32.9 Å². The third kappa shape index (κ3) is 4.94. The van der Waals surface area contributed by atoms with Crippen molar-refractivity contribution in [3.8, 4) is 0 Å². The van der Waals surface area contributed by atoms with Gasteiger partial charge in [0.05, 0.1) is 25.3 Å². The molecular weight excluding hydrogens is 414 g/mol. The summed E-state index contributed by atoms with van der Waals surface area (Å²) < 4.78 is 12.5. The summed E-state index contributed by atoms with van der Waals surface area (Å²) in [6.07, 6.45) is 0.0186. The number of hydrogen-bond acceptors (Lipinski definition) is 9. The number of aliphatic carboxylic acids is 2. The van der Waals surface area contributed by atoms with Gasteiger partial charge in [0.15, 0.2) is 17.0 Å². The van der Waals surface area contributed by atoms with E-state index in [1.165, 1.54) is 31.1 Å². The first-order valence-electron chi connectivity index (χ1n) is 9.35. The van der Waals surface area contributed by atoms with Crippen molar-refractivity contribution in [2.75, 3.05) is 11.9 Å². The summed E-state index contributed by atoms with van der Waals surface area (Å²) >= 11 is 0. The zero-order valence-corrected chi connectivity index (χ0v) is 16.7. The Bertz CT molecular complexity index is 1020. The van der Waals surface area contributed by atoms with Crippen LogP contribution in [0.15, 0.2) is 12.7 Å². The molecule has 0 aromatic carbocycles. The lowest BCUT2D eigenvalue weighted by molar-refractivity contribution is -0.147. The van der Waals surface area contributed by atoms with Crippen LogP contribution in [-0.2, 0) is 28.7 Å². The van der Waals surface area contributed by atoms with Crippen molar-refractivity contribution >= 4 is 40.8 Å². The van der Waals surface area contributed by atoms with Crippen molar-refractivity contribution in [1.29, 1.82) is 0 Å². The molecule has 1 saturated heterocycles. The monoisotopic (exact) mass is 435 g/mol. The second kappa shape index (κ2) is 9.04. The molecule has 0 bridgehead atoms. The van der Waals surface area contributed by atoms with Gasteiger partial charge in [0, 0.05) is 25.7 Å². The molecule has 4 atom stereocenters. The highest BCUT2D eigenvalue weighted by Gasteiger charge is 2.48. The molecule has 0 aliphatic carbocycles. The summed E-state index contributed by atoms with van der Waals surface area (Å²) in [7, 11) is 0. The Balaban J connectivity index is 2.02. The molecule has 1 amide bonds. The van der Waals surface area contributed by atoms with Crippen LogP contribution in [0.5, 0.6) is 0 Å². The van der Waals surface area contributed by atoms with E-state index in [9.17, 15) is 29.4 Å². The summed E-state index contributed by atoms with van der Waals surface area (Å²) in [5, 5.41) is 21.3. The Kier molecular flexibility index (Phi) is 6.44. The zero-order valence-electron chi connectivity index (χ0n) is 16.7. The maximum absolute atomic E-state index is 11.5. The first-order chi connectivity index (χ1) is 14.7. The molecule has 31 heavy (non-hydrogen) atoms. The number of amides is 1. The molecule has 2 aromatic heterocycles. The van der Waals surface area contributed by atoms with Crippen LogP contribution >= 0.6 is 0 Å². The average Bonchev–Trinajstić information content (AvgIpc) is 3.22. The molecular formula is C18H21N5O8. The number of carbonyl (C=O) groups excluding carboxylic acids is 2. The number of carboxylic acids is 2. The van der Waals surface area contributed by atoms with Crippen molar-refractivity contribution in [2.24, 2.45) is 11.8 Å². The van der Waals surface area contributed by atoms with E-state index in [0.717, 1.165) is 0 Å². The molecule has 0 radical (unpaired) electrons. The number of nitrogens with zero attached hydrogens (tertiary/aromatic N) is 4. The Morgan fingerprint density at radius 1 is 1.10 bits per heavy atom. The van der Waals surface area contributed by atoms with E-state index in [1.807, 2.05) is 0 Å². The fourth-order valence-electron chi connectivity index (χ4n) is 3.74. The molecule has 3 N–H and O–H groups in total. The molecule has 1 aliphatic heterocycles. The maximum atomic E-state index is 11.5. The molecule has 2 aromatic rings. The van der Waals surface area contributed by atoms with Gasteiger partial charge < -0.3 is 25.0 Å². The molecule has 0 unspecified atom stereocenters. The second-order valence-corrected chi connectivity index (χ2v) is 7.12. The van der Waals surface area contributed by atoms with Crippen LogP contribution in [0, 0.1) is 11.8 Å². The molecule has 1 fully saturated rings. The van der Waals surface area contributed by atoms with Gasteiger partial charge >= 0.3 is 17.9 Å². The Labute approximate surface area is 175 Å². The van der Waals surface area contributed by atoms with Crippen molar-refractivity contribution in [2.45, 2.75) is 39.0 Å². The topological polar surface area (TPSA) is 183 Å². The number of aromatic nitrogens is 4. The number of esters is 1. The summed E-state index contributed by atoms with van der Waals surface area (Å²) in [5.41, 5.74) is 0.523. The largest absolute Gasteiger partial charge is 0.481 e. The SMILES string of the molecule is CC(=O)Nc1ncnc2c1ncn2[C@@H]1O[C@@H](COC(C)=O)[C@H](CC(=O)O)[C@H]1CC(=O)O. The van der Waals surface area contributed by atoms with E-state index in [-0.39, 0.29) is 42.3 Å². The highest BCUT2D eigenvalue weighted by molar-refractivity contribution is 5.95. The van der Waals surface area contributed by atoms with E-state index >= 15 is 0 Å². The number of imidazole rings is 1. The fourth-order valence-corrected chi connectivity index (χ4v) is 3.74. The molecule has 166 valence electrons. The number of carboxylic acid groups (broad SMARTS) is 2. The van der Waals surface area contributed by atoms with Gasteiger partial charge in [-0.05, 0) is 0 Å². The minimum Gasteiger partial charge on any atom is -0.481 e. The van der Waals surface area contributed by atoms with Gasteiger partial charge in [0.25, 0.3) is 0 Å². The highest BCUT2D eigenvalue weighted by atomic mass is 16.6. The van der Waals surface area contributed by atoms with Crippen molar-refractivity contribution in [1.82, 2.24) is 19.5 Å². The van der Waals surface area contributed by atoms with Crippen LogP contribution in [-0.4, -0.2) is 66.3 Å². The van der Waals surface area contributed by atoms with Gasteiger partial charge in [-0.1, -0.05) is 0 Å². The number of ether oxygens (including phenoxy) is 2. The van der Waals surface area contributed by atoms with E-state index in [2.05, 4.69) is 20.3 Å². The first kappa shape index (κ1) is 22.1. The van der Waals surface area contributed by atoms with Crippen molar-refractivity contribution in [3.05, 3.63) is 12.7 Å². The predicted molar refractivity (Wildman–Crippen MR) is 102 cm³/mol. The van der Waals surface area contributed by atoms with Crippen LogP contribution < -0.4 is 5.32 Å². The Morgan fingerprint density at radius 3 is 2.39 bits per heavy atom. The number of hydrogen-bond donors (Lipinski definition) is 3. The first-order valence-corrected chi connectivity index (χ1v) is 9.35. The molecule has 3 heterocycles. The normalized spacial score (nSPS) is 22.9. The molecule has 0 saturated carbocycles. The summed E-state index contributed by atoms with van der Waals surface area (Å²) in [4.78, 5) is 58.0. The van der Waals surface area contributed by atoms with Gasteiger partial charge in [0.1, 0.15) is 19.2 Å². The minimum atomic E-state index is -1.14. The molecule has 13 heteroatoms. The Hall–Kier alpha value is -3.61. The molecule has 0 spiro atoms. The standard InChI is InChI=1S/C18H21N5O8/c1-8(24)22-16-15-17(20-6-19-16)23(7-21-15)18-11(4-14(28)29)10(3-13(26)27)12(31-18)5-30-9(2)25/h6-7,10-12,18H,3-5H2,1-2H3,(H,26,27)(H,28,29)(H,19,20,22,24)/t10-,11-,12+,18-/m1/s1. The van der Waals surface area contributed by atoms with Crippen LogP contribution in [0.3, 0.4) is 0 Å². The summed E-state index contributed by atoms with van der Waals surface area (Å²) in [6, 6.07) is 0. The summed E-state index contributed by atoms with van der Waals surface area (Å²) in [6.45, 7) is 2.29. The third-order valence-electron chi connectivity index (χ3n) is 4.91. The zero-order chi connectivity index (χ0) is 22.7. The predicted octanol–water partition coefficient (Wildman–Crippen LogP) is 0.427. The lowest BCUT2D eigenvalue weighted by Gasteiger charge is -2.22. The number of nitrogens with one attached hydrogen (secondary N) is 1. The van der Waals surface area contributed by atoms with Crippen LogP contribution in [0.4, 0.5) is 5.82 Å². The van der Waals surface area contributed by atoms with Crippen molar-refractivity contribution in [3.63, 3.8) is 0 Å². The minimum absolute atomic E-state index is 0.169. The van der Waals surface area contributed by atoms with E-state index in [0.29, 0.717) is 0 Å². The van der Waals surface area contributed by atoms with Gasteiger partial charge in [-0.15, -0.1) is 0 Å². The molecule has 3 rings (SSSR count). The lowest BCUT2D eigenvalue weighted by Crippen LogP contribution is -2.29. The second-order valence-electron chi connectivity index (χ2n) is 7.12. The smallest absolute Gasteiger partial charge is 0.303 e. The van der Waals surface area contributed by atoms with E-state index in [1.54, 1.807) is 0 Å².